The molecule has 102 valence electrons. The average Bonchev–Trinajstić information content (AvgIpc) is 2.86. The highest BCUT2D eigenvalue weighted by atomic mass is 32.1. The van der Waals surface area contributed by atoms with Crippen molar-refractivity contribution in [2.75, 3.05) is 26.1 Å². The largest absolute Gasteiger partial charge is 0.494 e. The van der Waals surface area contributed by atoms with Gasteiger partial charge in [-0.05, 0) is 12.1 Å². The van der Waals surface area contributed by atoms with Crippen molar-refractivity contribution in [1.82, 2.24) is 9.36 Å². The molecule has 0 saturated carbocycles. The predicted octanol–water partition coefficient (Wildman–Crippen LogP) is 2.62. The third kappa shape index (κ3) is 3.62. The van der Waals surface area contributed by atoms with Crippen molar-refractivity contribution in [3.8, 4) is 5.75 Å². The molecule has 0 spiro atoms. The van der Waals surface area contributed by atoms with Gasteiger partial charge in [0.2, 0.25) is 5.13 Å². The number of ether oxygens (including phenoxy) is 2. The lowest BCUT2D eigenvalue weighted by Crippen LogP contribution is -1.97. The summed E-state index contributed by atoms with van der Waals surface area (Å²) < 4.78 is 27.3. The van der Waals surface area contributed by atoms with Crippen LogP contribution in [0.15, 0.2) is 18.2 Å². The predicted molar refractivity (Wildman–Crippen MR) is 71.7 cm³/mol. The molecule has 0 radical (unpaired) electrons. The molecule has 0 fully saturated rings. The Labute approximate surface area is 114 Å². The maximum atomic E-state index is 13.3. The molecule has 1 aromatic carbocycles. The minimum atomic E-state index is -0.397. The van der Waals surface area contributed by atoms with Crippen molar-refractivity contribution in [1.29, 1.82) is 0 Å². The van der Waals surface area contributed by atoms with Gasteiger partial charge in [-0.2, -0.15) is 4.37 Å². The van der Waals surface area contributed by atoms with Gasteiger partial charge < -0.3 is 14.8 Å². The van der Waals surface area contributed by atoms with Crippen molar-refractivity contribution < 1.29 is 13.9 Å². The fourth-order valence-corrected chi connectivity index (χ4v) is 2.09. The van der Waals surface area contributed by atoms with E-state index in [-0.39, 0.29) is 5.75 Å². The Bertz CT molecular complexity index is 548. The minimum absolute atomic E-state index is 0.189. The molecular formula is C12H14FN3O2S. The number of hydrogen-bond acceptors (Lipinski definition) is 6. The van der Waals surface area contributed by atoms with Gasteiger partial charge in [-0.25, -0.2) is 9.37 Å². The SMILES string of the molecule is COCCc1nsc(Nc2ccc(F)c(OC)c2)n1. The Kier molecular flexibility index (Phi) is 4.64. The molecule has 7 heteroatoms. The summed E-state index contributed by atoms with van der Waals surface area (Å²) in [5.41, 5.74) is 0.702. The van der Waals surface area contributed by atoms with Gasteiger partial charge in [-0.3, -0.25) is 0 Å². The summed E-state index contributed by atoms with van der Waals surface area (Å²) in [7, 11) is 3.06. The van der Waals surface area contributed by atoms with Crippen LogP contribution in [0.25, 0.3) is 0 Å². The van der Waals surface area contributed by atoms with Crippen molar-refractivity contribution in [3.63, 3.8) is 0 Å². The van der Waals surface area contributed by atoms with Crippen LogP contribution in [0.4, 0.5) is 15.2 Å². The van der Waals surface area contributed by atoms with E-state index in [4.69, 9.17) is 9.47 Å². The Hall–Kier alpha value is -1.73. The van der Waals surface area contributed by atoms with Gasteiger partial charge in [-0.15, -0.1) is 0 Å². The quantitative estimate of drug-likeness (QED) is 0.883. The lowest BCUT2D eigenvalue weighted by molar-refractivity contribution is 0.201. The number of nitrogens with one attached hydrogen (secondary N) is 1. The molecule has 0 amide bonds. The molecule has 2 aromatic rings. The molecule has 5 nitrogen and oxygen atoms in total. The van der Waals surface area contributed by atoms with Gasteiger partial charge >= 0.3 is 0 Å². The number of halogens is 1. The molecule has 1 N–H and O–H groups in total. The standard InChI is InChI=1S/C12H14FN3O2S/c1-17-6-5-11-15-12(19-16-11)14-8-3-4-9(13)10(7-8)18-2/h3-4,7H,5-6H2,1-2H3,(H,14,15,16). The maximum absolute atomic E-state index is 13.3. The second-order valence-electron chi connectivity index (χ2n) is 3.73. The van der Waals surface area contributed by atoms with E-state index in [0.717, 1.165) is 5.82 Å². The number of anilines is 2. The fraction of sp³-hybridized carbons (Fsp3) is 0.333. The van der Waals surface area contributed by atoms with Crippen molar-refractivity contribution in [2.45, 2.75) is 6.42 Å². The molecule has 1 heterocycles. The van der Waals surface area contributed by atoms with Gasteiger partial charge in [0.05, 0.1) is 13.7 Å². The van der Waals surface area contributed by atoms with E-state index < -0.39 is 5.82 Å². The number of benzene rings is 1. The highest BCUT2D eigenvalue weighted by Gasteiger charge is 2.07. The average molecular weight is 283 g/mol. The van der Waals surface area contributed by atoms with Crippen LogP contribution in [0.5, 0.6) is 5.75 Å². The van der Waals surface area contributed by atoms with Crippen LogP contribution < -0.4 is 10.1 Å². The summed E-state index contributed by atoms with van der Waals surface area (Å²) >= 11 is 1.25. The second-order valence-corrected chi connectivity index (χ2v) is 4.48. The third-order valence-corrected chi connectivity index (χ3v) is 3.07. The molecule has 1 aromatic heterocycles. The van der Waals surface area contributed by atoms with E-state index in [1.165, 1.54) is 24.7 Å². The van der Waals surface area contributed by atoms with Crippen molar-refractivity contribution in [3.05, 3.63) is 29.8 Å². The van der Waals surface area contributed by atoms with Crippen LogP contribution in [0.1, 0.15) is 5.82 Å². The maximum Gasteiger partial charge on any atom is 0.207 e. The molecule has 0 aliphatic rings. The lowest BCUT2D eigenvalue weighted by Gasteiger charge is -2.05. The summed E-state index contributed by atoms with van der Waals surface area (Å²) in [5.74, 6) is 0.517. The highest BCUT2D eigenvalue weighted by molar-refractivity contribution is 7.09. The van der Waals surface area contributed by atoms with Crippen LogP contribution in [-0.2, 0) is 11.2 Å². The summed E-state index contributed by atoms with van der Waals surface area (Å²) in [6.45, 7) is 0.584. The fourth-order valence-electron chi connectivity index (χ4n) is 1.46. The highest BCUT2D eigenvalue weighted by Crippen LogP contribution is 2.25. The van der Waals surface area contributed by atoms with E-state index in [0.29, 0.717) is 23.8 Å². The zero-order chi connectivity index (χ0) is 13.7. The normalized spacial score (nSPS) is 10.5. The second kappa shape index (κ2) is 6.44. The third-order valence-electron chi connectivity index (χ3n) is 2.40. The number of hydrogen-bond donors (Lipinski definition) is 1. The Morgan fingerprint density at radius 2 is 2.21 bits per heavy atom. The first-order chi connectivity index (χ1) is 9.22. The van der Waals surface area contributed by atoms with Crippen molar-refractivity contribution >= 4 is 22.4 Å². The summed E-state index contributed by atoms with van der Waals surface area (Å²) in [5, 5.41) is 3.71. The van der Waals surface area contributed by atoms with Gasteiger partial charge in [-0.1, -0.05) is 0 Å². The Morgan fingerprint density at radius 3 is 2.95 bits per heavy atom. The first-order valence-electron chi connectivity index (χ1n) is 5.65. The van der Waals surface area contributed by atoms with E-state index >= 15 is 0 Å². The minimum Gasteiger partial charge on any atom is -0.494 e. The van der Waals surface area contributed by atoms with Crippen LogP contribution >= 0.6 is 11.5 Å². The van der Waals surface area contributed by atoms with E-state index in [9.17, 15) is 4.39 Å². The summed E-state index contributed by atoms with van der Waals surface area (Å²) in [6.07, 6.45) is 0.668. The van der Waals surface area contributed by atoms with Crippen LogP contribution in [0, 0.1) is 5.82 Å². The monoisotopic (exact) mass is 283 g/mol. The molecule has 2 rings (SSSR count). The smallest absolute Gasteiger partial charge is 0.207 e. The zero-order valence-electron chi connectivity index (χ0n) is 10.6. The number of nitrogens with zero attached hydrogens (tertiary/aromatic N) is 2. The first kappa shape index (κ1) is 13.7. The molecule has 19 heavy (non-hydrogen) atoms. The molecule has 0 aliphatic carbocycles. The van der Waals surface area contributed by atoms with Crippen LogP contribution in [-0.4, -0.2) is 30.2 Å². The number of methoxy groups -OCH3 is 2. The van der Waals surface area contributed by atoms with Gasteiger partial charge in [0, 0.05) is 36.8 Å². The summed E-state index contributed by atoms with van der Waals surface area (Å²) in [4.78, 5) is 4.30. The Balaban J connectivity index is 2.06. The molecule has 0 atom stereocenters. The number of aromatic nitrogens is 2. The number of rotatable bonds is 6. The van der Waals surface area contributed by atoms with E-state index in [1.54, 1.807) is 19.2 Å². The zero-order valence-corrected chi connectivity index (χ0v) is 11.5. The van der Waals surface area contributed by atoms with Crippen LogP contribution in [0.2, 0.25) is 0 Å². The van der Waals surface area contributed by atoms with Crippen molar-refractivity contribution in [2.24, 2.45) is 0 Å². The first-order valence-corrected chi connectivity index (χ1v) is 6.42. The van der Waals surface area contributed by atoms with E-state index in [2.05, 4.69) is 14.7 Å². The van der Waals surface area contributed by atoms with Gasteiger partial charge in [0.1, 0.15) is 5.82 Å². The molecule has 0 unspecified atom stereocenters. The molecule has 0 bridgehead atoms. The summed E-state index contributed by atoms with van der Waals surface area (Å²) in [6, 6.07) is 4.54. The van der Waals surface area contributed by atoms with Gasteiger partial charge in [0.15, 0.2) is 11.6 Å². The van der Waals surface area contributed by atoms with E-state index in [1.807, 2.05) is 0 Å². The Morgan fingerprint density at radius 1 is 1.37 bits per heavy atom. The van der Waals surface area contributed by atoms with Gasteiger partial charge in [0.25, 0.3) is 0 Å². The molecular weight excluding hydrogens is 269 g/mol. The molecule has 0 saturated heterocycles. The van der Waals surface area contributed by atoms with Crippen LogP contribution in [0.3, 0.4) is 0 Å². The topological polar surface area (TPSA) is 56.3 Å². The molecule has 0 aliphatic heterocycles. The lowest BCUT2D eigenvalue weighted by atomic mass is 10.3.